The number of azide groups is 1. The highest BCUT2D eigenvalue weighted by Gasteiger charge is 2.47. The molecule has 0 bridgehead atoms. The molecule has 26 heavy (non-hydrogen) atoms. The van der Waals surface area contributed by atoms with E-state index in [1.165, 1.54) is 6.20 Å². The first kappa shape index (κ1) is 16.9. The summed E-state index contributed by atoms with van der Waals surface area (Å²) in [7, 11) is 1.82. The summed E-state index contributed by atoms with van der Waals surface area (Å²) in [5.74, 6) is 0.859. The molecule has 0 aromatic carbocycles. The molecule has 0 saturated carbocycles. The Morgan fingerprint density at radius 2 is 2.19 bits per heavy atom. The summed E-state index contributed by atoms with van der Waals surface area (Å²) < 4.78 is 13.1. The van der Waals surface area contributed by atoms with Crippen LogP contribution in [0.2, 0.25) is 5.02 Å². The molecular formula is C14H16ClN9O2. The molecule has 0 radical (unpaired) electrons. The van der Waals surface area contributed by atoms with E-state index >= 15 is 0 Å². The monoisotopic (exact) mass is 377 g/mol. The molecule has 0 aliphatic carbocycles. The van der Waals surface area contributed by atoms with Crippen molar-refractivity contribution in [2.24, 2.45) is 12.2 Å². The molecule has 2 aromatic heterocycles. The molecule has 4 atom stereocenters. The van der Waals surface area contributed by atoms with E-state index in [4.69, 9.17) is 26.6 Å². The van der Waals surface area contributed by atoms with E-state index in [9.17, 15) is 0 Å². The molecule has 2 aromatic rings. The summed E-state index contributed by atoms with van der Waals surface area (Å²) in [6.07, 6.45) is 4.50. The Morgan fingerprint density at radius 3 is 2.96 bits per heavy atom. The van der Waals surface area contributed by atoms with Crippen LogP contribution in [0.3, 0.4) is 0 Å². The van der Waals surface area contributed by atoms with Gasteiger partial charge in [-0.1, -0.05) is 16.7 Å². The summed E-state index contributed by atoms with van der Waals surface area (Å²) in [6, 6.07) is -0.474. The van der Waals surface area contributed by atoms with Crippen LogP contribution in [0.1, 0.15) is 0 Å². The van der Waals surface area contributed by atoms with Gasteiger partial charge in [-0.3, -0.25) is 4.68 Å². The third-order valence-corrected chi connectivity index (χ3v) is 4.53. The van der Waals surface area contributed by atoms with Crippen molar-refractivity contribution >= 4 is 29.1 Å². The van der Waals surface area contributed by atoms with Gasteiger partial charge in [0, 0.05) is 18.2 Å². The van der Waals surface area contributed by atoms with Gasteiger partial charge in [0.15, 0.2) is 5.82 Å². The molecule has 11 nitrogen and oxygen atoms in total. The largest absolute Gasteiger partial charge is 0.373 e. The number of anilines is 3. The molecule has 0 amide bonds. The van der Waals surface area contributed by atoms with Crippen LogP contribution in [0.15, 0.2) is 23.7 Å². The average molecular weight is 378 g/mol. The van der Waals surface area contributed by atoms with Crippen LogP contribution in [-0.4, -0.2) is 57.3 Å². The first-order chi connectivity index (χ1) is 12.6. The van der Waals surface area contributed by atoms with Crippen LogP contribution in [0.25, 0.3) is 10.4 Å². The van der Waals surface area contributed by atoms with Gasteiger partial charge < -0.3 is 20.1 Å². The summed E-state index contributed by atoms with van der Waals surface area (Å²) >= 11 is 6.22. The van der Waals surface area contributed by atoms with E-state index in [2.05, 4.69) is 35.7 Å². The van der Waals surface area contributed by atoms with Gasteiger partial charge in [-0.2, -0.15) is 10.1 Å². The molecule has 136 valence electrons. The standard InChI is InChI=1S/C14H16ClN9O2/c1-24-4-7(2-18-24)19-14-17-3-8(15)13(21-14)20-9-5-25-12-10(22-23-16)6-26-11(9)12/h2-4,9-12H,5-6H2,1H3,(H2,17,19,20,21)/t9-,10+,11?,12?/m0/s1. The van der Waals surface area contributed by atoms with Gasteiger partial charge in [0.2, 0.25) is 5.95 Å². The first-order valence-electron chi connectivity index (χ1n) is 7.96. The molecule has 2 aliphatic rings. The maximum Gasteiger partial charge on any atom is 0.229 e. The predicted octanol–water partition coefficient (Wildman–Crippen LogP) is 1.86. The van der Waals surface area contributed by atoms with Crippen molar-refractivity contribution in [1.29, 1.82) is 0 Å². The number of fused-ring (bicyclic) bond motifs is 1. The summed E-state index contributed by atoms with van der Waals surface area (Å²) in [5, 5.41) is 14.5. The fraction of sp³-hybridized carbons (Fsp3) is 0.500. The molecule has 4 heterocycles. The van der Waals surface area contributed by atoms with Gasteiger partial charge in [0.05, 0.1) is 49.5 Å². The van der Waals surface area contributed by atoms with Gasteiger partial charge in [-0.15, -0.1) is 0 Å². The van der Waals surface area contributed by atoms with Gasteiger partial charge in [-0.05, 0) is 5.53 Å². The van der Waals surface area contributed by atoms with Gasteiger partial charge in [0.25, 0.3) is 0 Å². The quantitative estimate of drug-likeness (QED) is 0.461. The fourth-order valence-electron chi connectivity index (χ4n) is 3.09. The van der Waals surface area contributed by atoms with Crippen LogP contribution in [0, 0.1) is 0 Å². The Balaban J connectivity index is 1.48. The molecule has 12 heteroatoms. The van der Waals surface area contributed by atoms with Gasteiger partial charge in [-0.25, -0.2) is 4.98 Å². The lowest BCUT2D eigenvalue weighted by Gasteiger charge is -2.19. The van der Waals surface area contributed by atoms with E-state index in [0.29, 0.717) is 30.0 Å². The number of hydrogen-bond acceptors (Lipinski definition) is 8. The second kappa shape index (κ2) is 6.96. The second-order valence-electron chi connectivity index (χ2n) is 6.04. The zero-order valence-electron chi connectivity index (χ0n) is 13.8. The Kier molecular flexibility index (Phi) is 4.51. The molecule has 2 saturated heterocycles. The highest BCUT2D eigenvalue weighted by molar-refractivity contribution is 6.32. The number of ether oxygens (including phenoxy) is 2. The highest BCUT2D eigenvalue weighted by Crippen LogP contribution is 2.32. The van der Waals surface area contributed by atoms with Crippen molar-refractivity contribution < 1.29 is 9.47 Å². The topological polar surface area (TPSA) is 135 Å². The molecular weight excluding hydrogens is 362 g/mol. The minimum atomic E-state index is -0.319. The maximum absolute atomic E-state index is 8.62. The Bertz CT molecular complexity index is 853. The van der Waals surface area contributed by atoms with E-state index in [0.717, 1.165) is 5.69 Å². The number of nitrogens with zero attached hydrogens (tertiary/aromatic N) is 7. The van der Waals surface area contributed by atoms with E-state index < -0.39 is 0 Å². The van der Waals surface area contributed by atoms with Crippen LogP contribution in [0.4, 0.5) is 17.5 Å². The molecule has 2 fully saturated rings. The molecule has 2 N–H and O–H groups in total. The zero-order chi connectivity index (χ0) is 18.1. The second-order valence-corrected chi connectivity index (χ2v) is 6.44. The Labute approximate surface area is 153 Å². The van der Waals surface area contributed by atoms with Crippen molar-refractivity contribution in [3.63, 3.8) is 0 Å². The van der Waals surface area contributed by atoms with Crippen molar-refractivity contribution in [3.8, 4) is 0 Å². The number of aryl methyl sites for hydroxylation is 1. The van der Waals surface area contributed by atoms with Crippen LogP contribution in [0.5, 0.6) is 0 Å². The van der Waals surface area contributed by atoms with Crippen LogP contribution in [-0.2, 0) is 16.5 Å². The lowest BCUT2D eigenvalue weighted by molar-refractivity contribution is 0.0699. The number of nitrogens with one attached hydrogen (secondary N) is 2. The van der Waals surface area contributed by atoms with Crippen molar-refractivity contribution in [1.82, 2.24) is 19.7 Å². The molecule has 0 spiro atoms. The third-order valence-electron chi connectivity index (χ3n) is 4.25. The lowest BCUT2D eigenvalue weighted by atomic mass is 10.1. The molecule has 2 unspecified atom stereocenters. The smallest absolute Gasteiger partial charge is 0.229 e. The highest BCUT2D eigenvalue weighted by atomic mass is 35.5. The number of rotatable bonds is 5. The summed E-state index contributed by atoms with van der Waals surface area (Å²) in [6.45, 7) is 0.737. The van der Waals surface area contributed by atoms with Crippen molar-refractivity contribution in [2.45, 2.75) is 24.3 Å². The first-order valence-corrected chi connectivity index (χ1v) is 8.34. The molecule has 4 rings (SSSR count). The number of hydrogen-bond donors (Lipinski definition) is 2. The number of halogens is 1. The third kappa shape index (κ3) is 3.25. The van der Waals surface area contributed by atoms with E-state index in [1.54, 1.807) is 10.9 Å². The minimum absolute atomic E-state index is 0.155. The van der Waals surface area contributed by atoms with Crippen molar-refractivity contribution in [3.05, 3.63) is 34.1 Å². The fourth-order valence-corrected chi connectivity index (χ4v) is 3.23. The van der Waals surface area contributed by atoms with E-state index in [-0.39, 0.29) is 24.3 Å². The lowest BCUT2D eigenvalue weighted by Crippen LogP contribution is -2.36. The Morgan fingerprint density at radius 1 is 1.35 bits per heavy atom. The maximum atomic E-state index is 8.62. The van der Waals surface area contributed by atoms with Crippen molar-refractivity contribution in [2.75, 3.05) is 23.8 Å². The van der Waals surface area contributed by atoms with Gasteiger partial charge >= 0.3 is 0 Å². The normalized spacial score (nSPS) is 27.0. The summed E-state index contributed by atoms with van der Waals surface area (Å²) in [5.41, 5.74) is 9.39. The van der Waals surface area contributed by atoms with Crippen LogP contribution >= 0.6 is 11.6 Å². The Hall–Kier alpha value is -2.59. The van der Waals surface area contributed by atoms with E-state index in [1.807, 2.05) is 13.2 Å². The zero-order valence-corrected chi connectivity index (χ0v) is 14.5. The SMILES string of the molecule is Cn1cc(Nc2ncc(Cl)c(N[C@H]3COC4C3OC[C@H]4N=[N+]=[N-])n2)cn1. The predicted molar refractivity (Wildman–Crippen MR) is 93.4 cm³/mol. The number of aromatic nitrogens is 4. The summed E-state index contributed by atoms with van der Waals surface area (Å²) in [4.78, 5) is 11.4. The molecule has 2 aliphatic heterocycles. The van der Waals surface area contributed by atoms with Crippen LogP contribution < -0.4 is 10.6 Å². The minimum Gasteiger partial charge on any atom is -0.373 e. The van der Waals surface area contributed by atoms with Gasteiger partial charge in [0.1, 0.15) is 11.1 Å². The average Bonchev–Trinajstić information content (AvgIpc) is 3.31.